The van der Waals surface area contributed by atoms with Gasteiger partial charge in [0.25, 0.3) is 0 Å². The molecule has 2 nitrogen and oxygen atoms in total. The van der Waals surface area contributed by atoms with Crippen molar-refractivity contribution in [3.63, 3.8) is 0 Å². The Morgan fingerprint density at radius 2 is 1.24 bits per heavy atom. The standard InChI is InChI=1S/C18H35ClO2/c1-2-3-4-5-6-7-8-9-10-11-12-14-17(19)15-13-16-18(20)21/h17H,2-16H2,1H3,(H,20,21). The number of unbranched alkanes of at least 4 members (excludes halogenated alkanes) is 10. The Bertz CT molecular complexity index is 231. The summed E-state index contributed by atoms with van der Waals surface area (Å²) < 4.78 is 0. The van der Waals surface area contributed by atoms with Crippen LogP contribution in [0.3, 0.4) is 0 Å². The summed E-state index contributed by atoms with van der Waals surface area (Å²) in [6.07, 6.45) is 17.7. The molecule has 0 aliphatic rings. The van der Waals surface area contributed by atoms with Crippen molar-refractivity contribution in [1.29, 1.82) is 0 Å². The van der Waals surface area contributed by atoms with E-state index in [0.29, 0.717) is 6.42 Å². The van der Waals surface area contributed by atoms with E-state index in [0.717, 1.165) is 12.8 Å². The zero-order valence-electron chi connectivity index (χ0n) is 13.9. The first-order valence-corrected chi connectivity index (χ1v) is 9.46. The molecule has 0 saturated heterocycles. The zero-order chi connectivity index (χ0) is 15.8. The van der Waals surface area contributed by atoms with Gasteiger partial charge in [-0.25, -0.2) is 0 Å². The molecule has 0 spiro atoms. The maximum absolute atomic E-state index is 10.4. The molecule has 21 heavy (non-hydrogen) atoms. The van der Waals surface area contributed by atoms with Crippen molar-refractivity contribution < 1.29 is 9.90 Å². The molecular weight excluding hydrogens is 284 g/mol. The molecule has 0 bridgehead atoms. The highest BCUT2D eigenvalue weighted by molar-refractivity contribution is 6.20. The maximum Gasteiger partial charge on any atom is 0.303 e. The quantitative estimate of drug-likeness (QED) is 0.259. The Morgan fingerprint density at radius 3 is 1.71 bits per heavy atom. The largest absolute Gasteiger partial charge is 0.481 e. The average Bonchev–Trinajstić information content (AvgIpc) is 2.44. The Balaban J connectivity index is 3.12. The first-order chi connectivity index (χ1) is 10.2. The van der Waals surface area contributed by atoms with Gasteiger partial charge in [0, 0.05) is 11.8 Å². The summed E-state index contributed by atoms with van der Waals surface area (Å²) in [7, 11) is 0. The summed E-state index contributed by atoms with van der Waals surface area (Å²) in [5.74, 6) is -0.714. The van der Waals surface area contributed by atoms with Gasteiger partial charge >= 0.3 is 5.97 Å². The summed E-state index contributed by atoms with van der Waals surface area (Å²) in [4.78, 5) is 10.4. The number of aliphatic carboxylic acids is 1. The maximum atomic E-state index is 10.4. The van der Waals surface area contributed by atoms with Crippen LogP contribution in [-0.4, -0.2) is 16.5 Å². The van der Waals surface area contributed by atoms with Gasteiger partial charge in [-0.15, -0.1) is 11.6 Å². The van der Waals surface area contributed by atoms with Crippen molar-refractivity contribution in [2.45, 2.75) is 109 Å². The van der Waals surface area contributed by atoms with Gasteiger partial charge in [0.15, 0.2) is 0 Å². The molecule has 0 saturated carbocycles. The fourth-order valence-electron chi connectivity index (χ4n) is 2.65. The molecule has 0 aromatic heterocycles. The predicted octanol–water partition coefficient (Wildman–Crippen LogP) is 6.55. The number of carbonyl (C=O) groups is 1. The third-order valence-corrected chi connectivity index (χ3v) is 4.47. The number of halogens is 1. The molecule has 126 valence electrons. The Labute approximate surface area is 136 Å². The minimum absolute atomic E-state index is 0.169. The molecule has 0 aromatic carbocycles. The number of hydrogen-bond donors (Lipinski definition) is 1. The monoisotopic (exact) mass is 318 g/mol. The van der Waals surface area contributed by atoms with E-state index in [9.17, 15) is 4.79 Å². The molecule has 3 heteroatoms. The van der Waals surface area contributed by atoms with E-state index < -0.39 is 5.97 Å². The van der Waals surface area contributed by atoms with E-state index in [4.69, 9.17) is 16.7 Å². The number of alkyl halides is 1. The molecule has 1 N–H and O–H groups in total. The molecule has 0 radical (unpaired) electrons. The topological polar surface area (TPSA) is 37.3 Å². The zero-order valence-corrected chi connectivity index (χ0v) is 14.7. The van der Waals surface area contributed by atoms with Gasteiger partial charge in [0.1, 0.15) is 0 Å². The molecule has 0 aliphatic heterocycles. The normalized spacial score (nSPS) is 12.5. The smallest absolute Gasteiger partial charge is 0.303 e. The van der Waals surface area contributed by atoms with Crippen LogP contribution in [0.25, 0.3) is 0 Å². The fraction of sp³-hybridized carbons (Fsp3) is 0.944. The van der Waals surface area contributed by atoms with Gasteiger partial charge in [-0.1, -0.05) is 77.6 Å². The van der Waals surface area contributed by atoms with E-state index in [-0.39, 0.29) is 11.8 Å². The van der Waals surface area contributed by atoms with Crippen LogP contribution in [0.2, 0.25) is 0 Å². The van der Waals surface area contributed by atoms with Crippen molar-refractivity contribution in [2.75, 3.05) is 0 Å². The third kappa shape index (κ3) is 17.7. The van der Waals surface area contributed by atoms with E-state index >= 15 is 0 Å². The number of hydrogen-bond acceptors (Lipinski definition) is 1. The van der Waals surface area contributed by atoms with Crippen LogP contribution in [0.4, 0.5) is 0 Å². The average molecular weight is 319 g/mol. The second-order valence-corrected chi connectivity index (χ2v) is 6.82. The van der Waals surface area contributed by atoms with Crippen LogP contribution in [-0.2, 0) is 4.79 Å². The molecule has 1 unspecified atom stereocenters. The van der Waals surface area contributed by atoms with Crippen molar-refractivity contribution in [2.24, 2.45) is 0 Å². The van der Waals surface area contributed by atoms with Crippen LogP contribution < -0.4 is 0 Å². The Hall–Kier alpha value is -0.240. The van der Waals surface area contributed by atoms with Crippen LogP contribution >= 0.6 is 11.6 Å². The highest BCUT2D eigenvalue weighted by atomic mass is 35.5. The second-order valence-electron chi connectivity index (χ2n) is 6.21. The van der Waals surface area contributed by atoms with Gasteiger partial charge in [-0.2, -0.15) is 0 Å². The number of carboxylic acid groups (broad SMARTS) is 1. The second kappa shape index (κ2) is 16.1. The predicted molar refractivity (Wildman–Crippen MR) is 92.2 cm³/mol. The SMILES string of the molecule is CCCCCCCCCCCCCC(Cl)CCCC(=O)O. The molecule has 0 aromatic rings. The molecule has 1 atom stereocenters. The summed E-state index contributed by atoms with van der Waals surface area (Å²) in [5, 5.41) is 8.73. The summed E-state index contributed by atoms with van der Waals surface area (Å²) >= 11 is 6.19. The van der Waals surface area contributed by atoms with Crippen molar-refractivity contribution in [3.8, 4) is 0 Å². The van der Waals surface area contributed by atoms with E-state index in [1.807, 2.05) is 0 Å². The van der Waals surface area contributed by atoms with Crippen LogP contribution in [0.1, 0.15) is 103 Å². The van der Waals surface area contributed by atoms with Crippen LogP contribution in [0.5, 0.6) is 0 Å². The summed E-state index contributed by atoms with van der Waals surface area (Å²) in [5.41, 5.74) is 0. The molecule has 0 heterocycles. The lowest BCUT2D eigenvalue weighted by molar-refractivity contribution is -0.137. The Kier molecular flexibility index (Phi) is 16.0. The van der Waals surface area contributed by atoms with Gasteiger partial charge in [0.05, 0.1) is 0 Å². The number of rotatable bonds is 16. The molecular formula is C18H35ClO2. The van der Waals surface area contributed by atoms with Crippen molar-refractivity contribution in [3.05, 3.63) is 0 Å². The third-order valence-electron chi connectivity index (χ3n) is 4.03. The lowest BCUT2D eigenvalue weighted by Crippen LogP contribution is -2.01. The summed E-state index contributed by atoms with van der Waals surface area (Å²) in [6.45, 7) is 2.26. The first kappa shape index (κ1) is 20.8. The van der Waals surface area contributed by atoms with Gasteiger partial charge in [0.2, 0.25) is 0 Å². The van der Waals surface area contributed by atoms with Crippen molar-refractivity contribution in [1.82, 2.24) is 0 Å². The number of carboxylic acids is 1. The van der Waals surface area contributed by atoms with Crippen LogP contribution in [0.15, 0.2) is 0 Å². The highest BCUT2D eigenvalue weighted by Crippen LogP contribution is 2.17. The first-order valence-electron chi connectivity index (χ1n) is 9.02. The van der Waals surface area contributed by atoms with Gasteiger partial charge in [-0.3, -0.25) is 4.79 Å². The van der Waals surface area contributed by atoms with E-state index in [1.54, 1.807) is 0 Å². The van der Waals surface area contributed by atoms with Gasteiger partial charge in [-0.05, 0) is 19.3 Å². The van der Waals surface area contributed by atoms with Gasteiger partial charge < -0.3 is 5.11 Å². The minimum Gasteiger partial charge on any atom is -0.481 e. The van der Waals surface area contributed by atoms with E-state index in [2.05, 4.69) is 6.92 Å². The molecule has 0 aliphatic carbocycles. The summed E-state index contributed by atoms with van der Waals surface area (Å²) in [6, 6.07) is 0. The lowest BCUT2D eigenvalue weighted by atomic mass is 10.0. The lowest BCUT2D eigenvalue weighted by Gasteiger charge is -2.08. The molecule has 0 fully saturated rings. The van der Waals surface area contributed by atoms with Crippen LogP contribution in [0, 0.1) is 0 Å². The minimum atomic E-state index is -0.714. The van der Waals surface area contributed by atoms with Crippen molar-refractivity contribution >= 4 is 17.6 Å². The fourth-order valence-corrected chi connectivity index (χ4v) is 2.96. The molecule has 0 amide bonds. The highest BCUT2D eigenvalue weighted by Gasteiger charge is 2.05. The van der Waals surface area contributed by atoms with E-state index in [1.165, 1.54) is 70.6 Å². The molecule has 0 rings (SSSR count). The Morgan fingerprint density at radius 1 is 0.810 bits per heavy atom.